The molecule has 8 heteroatoms. The molecule has 0 atom stereocenters. The molecular formula is C24H20N4O4. The molecule has 0 radical (unpaired) electrons. The largest absolute Gasteiger partial charge is 0.317 e. The number of benzene rings is 3. The molecule has 0 aliphatic rings. The average molecular weight is 428 g/mol. The summed E-state index contributed by atoms with van der Waals surface area (Å²) in [5.41, 5.74) is 5.02. The second-order valence-electron chi connectivity index (χ2n) is 6.84. The zero-order valence-electron chi connectivity index (χ0n) is 17.2. The van der Waals surface area contributed by atoms with E-state index in [-0.39, 0.29) is 11.4 Å². The van der Waals surface area contributed by atoms with Crippen LogP contribution in [0.5, 0.6) is 0 Å². The van der Waals surface area contributed by atoms with Crippen LogP contribution in [-0.2, 0) is 4.79 Å². The maximum absolute atomic E-state index is 12.7. The lowest BCUT2D eigenvalue weighted by Gasteiger charge is -2.09. The van der Waals surface area contributed by atoms with Crippen molar-refractivity contribution in [1.82, 2.24) is 10.7 Å². The van der Waals surface area contributed by atoms with Crippen molar-refractivity contribution >= 4 is 29.8 Å². The van der Waals surface area contributed by atoms with Gasteiger partial charge in [-0.15, -0.1) is 0 Å². The summed E-state index contributed by atoms with van der Waals surface area (Å²) in [6.07, 6.45) is 2.90. The van der Waals surface area contributed by atoms with Crippen LogP contribution in [0.1, 0.15) is 27.0 Å². The summed E-state index contributed by atoms with van der Waals surface area (Å²) >= 11 is 0. The zero-order valence-corrected chi connectivity index (χ0v) is 17.2. The SMILES string of the molecule is Cc1ccc(C=NNC(=O)C(=Cc2ccc([N+](=O)[O-])cc2)NC(=O)c2ccccc2)cc1. The van der Waals surface area contributed by atoms with Crippen LogP contribution in [0.3, 0.4) is 0 Å². The number of hydrazone groups is 1. The molecule has 3 rings (SSSR count). The van der Waals surface area contributed by atoms with E-state index in [1.807, 2.05) is 31.2 Å². The summed E-state index contributed by atoms with van der Waals surface area (Å²) in [4.78, 5) is 35.6. The van der Waals surface area contributed by atoms with Gasteiger partial charge in [0, 0.05) is 17.7 Å². The number of hydrogen-bond donors (Lipinski definition) is 2. The minimum Gasteiger partial charge on any atom is -0.317 e. The molecule has 0 unspecified atom stereocenters. The number of nitro benzene ring substituents is 1. The number of amides is 2. The molecular weight excluding hydrogens is 408 g/mol. The third kappa shape index (κ3) is 6.20. The number of nitrogens with one attached hydrogen (secondary N) is 2. The smallest absolute Gasteiger partial charge is 0.287 e. The first-order chi connectivity index (χ1) is 15.4. The van der Waals surface area contributed by atoms with E-state index >= 15 is 0 Å². The monoisotopic (exact) mass is 428 g/mol. The van der Waals surface area contributed by atoms with E-state index in [9.17, 15) is 19.7 Å². The van der Waals surface area contributed by atoms with Crippen molar-refractivity contribution in [2.24, 2.45) is 5.10 Å². The molecule has 0 saturated heterocycles. The van der Waals surface area contributed by atoms with Crippen LogP contribution in [0.4, 0.5) is 5.69 Å². The quantitative estimate of drug-likeness (QED) is 0.258. The molecule has 32 heavy (non-hydrogen) atoms. The Morgan fingerprint density at radius 1 is 0.906 bits per heavy atom. The van der Waals surface area contributed by atoms with Crippen molar-refractivity contribution in [2.45, 2.75) is 6.92 Å². The number of carbonyl (C=O) groups excluding carboxylic acids is 2. The first kappa shape index (κ1) is 22.1. The van der Waals surface area contributed by atoms with Gasteiger partial charge in [0.1, 0.15) is 5.70 Å². The van der Waals surface area contributed by atoms with Crippen LogP contribution in [0.2, 0.25) is 0 Å². The number of carbonyl (C=O) groups is 2. The lowest BCUT2D eigenvalue weighted by Crippen LogP contribution is -2.32. The molecule has 2 N–H and O–H groups in total. The van der Waals surface area contributed by atoms with Crippen LogP contribution in [-0.4, -0.2) is 23.0 Å². The predicted molar refractivity (Wildman–Crippen MR) is 122 cm³/mol. The fourth-order valence-corrected chi connectivity index (χ4v) is 2.68. The zero-order chi connectivity index (χ0) is 22.9. The van der Waals surface area contributed by atoms with Gasteiger partial charge in [-0.2, -0.15) is 5.10 Å². The van der Waals surface area contributed by atoms with Crippen LogP contribution in [0.25, 0.3) is 6.08 Å². The molecule has 0 saturated carbocycles. The van der Waals surface area contributed by atoms with Gasteiger partial charge < -0.3 is 5.32 Å². The number of hydrogen-bond acceptors (Lipinski definition) is 5. The van der Waals surface area contributed by atoms with Crippen molar-refractivity contribution in [1.29, 1.82) is 0 Å². The Balaban J connectivity index is 1.81. The molecule has 0 spiro atoms. The number of non-ortho nitro benzene ring substituents is 1. The number of aryl methyl sites for hydroxylation is 1. The summed E-state index contributed by atoms with van der Waals surface area (Å²) in [5.74, 6) is -1.12. The van der Waals surface area contributed by atoms with Crippen LogP contribution in [0.15, 0.2) is 89.7 Å². The molecule has 160 valence electrons. The third-order valence-corrected chi connectivity index (χ3v) is 4.40. The Bertz CT molecular complexity index is 1170. The highest BCUT2D eigenvalue weighted by Gasteiger charge is 2.14. The Morgan fingerprint density at radius 2 is 1.53 bits per heavy atom. The average Bonchev–Trinajstić information content (AvgIpc) is 2.80. The number of nitro groups is 1. The van der Waals surface area contributed by atoms with E-state index in [1.54, 1.807) is 30.3 Å². The lowest BCUT2D eigenvalue weighted by molar-refractivity contribution is -0.384. The molecule has 3 aromatic carbocycles. The number of rotatable bonds is 7. The Morgan fingerprint density at radius 3 is 2.16 bits per heavy atom. The number of nitrogens with zero attached hydrogens (tertiary/aromatic N) is 2. The highest BCUT2D eigenvalue weighted by molar-refractivity contribution is 6.05. The molecule has 0 aromatic heterocycles. The molecule has 0 bridgehead atoms. The van der Waals surface area contributed by atoms with Gasteiger partial charge in [-0.1, -0.05) is 48.0 Å². The molecule has 0 aliphatic carbocycles. The van der Waals surface area contributed by atoms with E-state index in [1.165, 1.54) is 36.6 Å². The summed E-state index contributed by atoms with van der Waals surface area (Å²) in [6, 6.07) is 21.6. The van der Waals surface area contributed by atoms with E-state index in [2.05, 4.69) is 15.8 Å². The molecule has 0 heterocycles. The molecule has 2 amide bonds. The van der Waals surface area contributed by atoms with Gasteiger partial charge in [0.15, 0.2) is 0 Å². The highest BCUT2D eigenvalue weighted by Crippen LogP contribution is 2.14. The van der Waals surface area contributed by atoms with Gasteiger partial charge in [0.2, 0.25) is 0 Å². The van der Waals surface area contributed by atoms with E-state index in [0.29, 0.717) is 11.1 Å². The summed E-state index contributed by atoms with van der Waals surface area (Å²) in [6.45, 7) is 1.97. The lowest BCUT2D eigenvalue weighted by atomic mass is 10.1. The van der Waals surface area contributed by atoms with E-state index < -0.39 is 16.7 Å². The minimum absolute atomic E-state index is 0.0613. The molecule has 0 fully saturated rings. The Hall–Kier alpha value is -4.59. The fraction of sp³-hybridized carbons (Fsp3) is 0.0417. The van der Waals surface area contributed by atoms with Crippen molar-refractivity contribution in [3.63, 3.8) is 0 Å². The van der Waals surface area contributed by atoms with Gasteiger partial charge in [-0.05, 0) is 48.4 Å². The van der Waals surface area contributed by atoms with Gasteiger partial charge in [0.25, 0.3) is 17.5 Å². The first-order valence-electron chi connectivity index (χ1n) is 9.65. The second kappa shape index (κ2) is 10.4. The third-order valence-electron chi connectivity index (χ3n) is 4.40. The van der Waals surface area contributed by atoms with Gasteiger partial charge in [-0.25, -0.2) is 5.43 Å². The maximum Gasteiger partial charge on any atom is 0.287 e. The van der Waals surface area contributed by atoms with Crippen LogP contribution >= 0.6 is 0 Å². The highest BCUT2D eigenvalue weighted by atomic mass is 16.6. The van der Waals surface area contributed by atoms with Crippen molar-refractivity contribution < 1.29 is 14.5 Å². The summed E-state index contributed by atoms with van der Waals surface area (Å²) < 4.78 is 0. The van der Waals surface area contributed by atoms with Gasteiger partial charge in [0.05, 0.1) is 11.1 Å². The van der Waals surface area contributed by atoms with Gasteiger partial charge in [-0.3, -0.25) is 19.7 Å². The molecule has 0 aliphatic heterocycles. The van der Waals surface area contributed by atoms with Crippen molar-refractivity contribution in [2.75, 3.05) is 0 Å². The van der Waals surface area contributed by atoms with Crippen molar-refractivity contribution in [3.8, 4) is 0 Å². The standard InChI is InChI=1S/C24H20N4O4/c1-17-7-9-19(10-8-17)16-25-27-24(30)22(26-23(29)20-5-3-2-4-6-20)15-18-11-13-21(14-12-18)28(31)32/h2-16H,1H3,(H,26,29)(H,27,30). The Labute approximate surface area is 184 Å². The first-order valence-corrected chi connectivity index (χ1v) is 9.65. The topological polar surface area (TPSA) is 114 Å². The van der Waals surface area contributed by atoms with Crippen molar-refractivity contribution in [3.05, 3.63) is 117 Å². The van der Waals surface area contributed by atoms with E-state index in [4.69, 9.17) is 0 Å². The predicted octanol–water partition coefficient (Wildman–Crippen LogP) is 3.82. The maximum atomic E-state index is 12.7. The minimum atomic E-state index is -0.643. The molecule has 3 aromatic rings. The summed E-state index contributed by atoms with van der Waals surface area (Å²) in [5, 5.41) is 17.4. The van der Waals surface area contributed by atoms with Gasteiger partial charge >= 0.3 is 0 Å². The molecule has 8 nitrogen and oxygen atoms in total. The normalized spacial score (nSPS) is 11.2. The fourth-order valence-electron chi connectivity index (χ4n) is 2.68. The van der Waals surface area contributed by atoms with Crippen LogP contribution in [0, 0.1) is 17.0 Å². The summed E-state index contributed by atoms with van der Waals surface area (Å²) in [7, 11) is 0. The van der Waals surface area contributed by atoms with Crippen LogP contribution < -0.4 is 10.7 Å². The second-order valence-corrected chi connectivity index (χ2v) is 6.84. The van der Waals surface area contributed by atoms with E-state index in [0.717, 1.165) is 11.1 Å². The Kier molecular flexibility index (Phi) is 7.21.